The van der Waals surface area contributed by atoms with Gasteiger partial charge in [-0.25, -0.2) is 9.18 Å². The third-order valence-electron chi connectivity index (χ3n) is 2.69. The summed E-state index contributed by atoms with van der Waals surface area (Å²) in [5.41, 5.74) is 9.45. The number of aryl methyl sites for hydroxylation is 1. The van der Waals surface area contributed by atoms with E-state index >= 15 is 0 Å². The molecule has 0 N–H and O–H groups in total. The standard InChI is InChI=1S/C12H9FN4O2/c1-6-3-4-8(13)9-10(6)15-5-7(12(18)19-2)11(9)16-17-14/h3-5H,1-2H3. The first-order chi connectivity index (χ1) is 9.10. The molecule has 0 aliphatic heterocycles. The topological polar surface area (TPSA) is 88.0 Å². The van der Waals surface area contributed by atoms with Crippen LogP contribution in [-0.2, 0) is 4.74 Å². The lowest BCUT2D eigenvalue weighted by Crippen LogP contribution is -2.03. The number of pyridine rings is 1. The van der Waals surface area contributed by atoms with Crippen LogP contribution >= 0.6 is 0 Å². The van der Waals surface area contributed by atoms with Crippen molar-refractivity contribution in [1.29, 1.82) is 0 Å². The molecular formula is C12H9FN4O2. The zero-order chi connectivity index (χ0) is 14.0. The molecule has 0 atom stereocenters. The maximum absolute atomic E-state index is 13.9. The minimum Gasteiger partial charge on any atom is -0.465 e. The maximum atomic E-state index is 13.9. The van der Waals surface area contributed by atoms with Crippen molar-refractivity contribution in [2.45, 2.75) is 6.92 Å². The number of hydrogen-bond acceptors (Lipinski definition) is 4. The molecule has 2 rings (SSSR count). The lowest BCUT2D eigenvalue weighted by Gasteiger charge is -2.09. The number of halogens is 1. The Morgan fingerprint density at radius 3 is 2.89 bits per heavy atom. The Hall–Kier alpha value is -2.66. The SMILES string of the molecule is COC(=O)c1cnc2c(C)ccc(F)c2c1N=[N+]=[N-]. The van der Waals surface area contributed by atoms with Crippen LogP contribution < -0.4 is 0 Å². The van der Waals surface area contributed by atoms with E-state index in [9.17, 15) is 9.18 Å². The Bertz CT molecular complexity index is 723. The Morgan fingerprint density at radius 2 is 2.26 bits per heavy atom. The number of benzene rings is 1. The van der Waals surface area contributed by atoms with Gasteiger partial charge >= 0.3 is 5.97 Å². The van der Waals surface area contributed by atoms with Crippen LogP contribution in [0.3, 0.4) is 0 Å². The van der Waals surface area contributed by atoms with Crippen LogP contribution in [0.15, 0.2) is 23.4 Å². The summed E-state index contributed by atoms with van der Waals surface area (Å²) in [6.45, 7) is 1.74. The number of esters is 1. The molecule has 0 amide bonds. The molecule has 6 nitrogen and oxygen atoms in total. The van der Waals surface area contributed by atoms with Crippen LogP contribution in [0.2, 0.25) is 0 Å². The number of hydrogen-bond donors (Lipinski definition) is 0. The number of aromatic nitrogens is 1. The van der Waals surface area contributed by atoms with Gasteiger partial charge in [0.05, 0.1) is 23.9 Å². The summed E-state index contributed by atoms with van der Waals surface area (Å²) in [5.74, 6) is -1.35. The predicted octanol–water partition coefficient (Wildman–Crippen LogP) is 3.41. The fourth-order valence-electron chi connectivity index (χ4n) is 1.80. The van der Waals surface area contributed by atoms with Gasteiger partial charge in [0.1, 0.15) is 5.82 Å². The molecule has 96 valence electrons. The fraction of sp³-hybridized carbons (Fsp3) is 0.167. The number of carbonyl (C=O) groups is 1. The third kappa shape index (κ3) is 2.07. The molecular weight excluding hydrogens is 251 g/mol. The van der Waals surface area contributed by atoms with Gasteiger partial charge in [-0.1, -0.05) is 11.2 Å². The summed E-state index contributed by atoms with van der Waals surface area (Å²) in [7, 11) is 1.18. The summed E-state index contributed by atoms with van der Waals surface area (Å²) >= 11 is 0. The number of carbonyl (C=O) groups excluding carboxylic acids is 1. The van der Waals surface area contributed by atoms with Gasteiger partial charge in [0.25, 0.3) is 0 Å². The van der Waals surface area contributed by atoms with E-state index < -0.39 is 11.8 Å². The molecule has 0 aliphatic carbocycles. The van der Waals surface area contributed by atoms with Crippen molar-refractivity contribution in [2.75, 3.05) is 7.11 Å². The number of rotatable bonds is 2. The lowest BCUT2D eigenvalue weighted by molar-refractivity contribution is 0.0601. The second kappa shape index (κ2) is 4.91. The second-order valence-electron chi connectivity index (χ2n) is 3.79. The highest BCUT2D eigenvalue weighted by atomic mass is 19.1. The summed E-state index contributed by atoms with van der Waals surface area (Å²) in [6.07, 6.45) is 1.21. The van der Waals surface area contributed by atoms with E-state index in [1.54, 1.807) is 13.0 Å². The predicted molar refractivity (Wildman–Crippen MR) is 66.6 cm³/mol. The minimum absolute atomic E-state index is 0.0145. The largest absolute Gasteiger partial charge is 0.465 e. The Labute approximate surface area is 107 Å². The first kappa shape index (κ1) is 12.8. The van der Waals surface area contributed by atoms with Crippen LogP contribution in [0.5, 0.6) is 0 Å². The van der Waals surface area contributed by atoms with Crippen LogP contribution in [0.25, 0.3) is 21.3 Å². The Morgan fingerprint density at radius 1 is 1.53 bits per heavy atom. The van der Waals surface area contributed by atoms with Crippen molar-refractivity contribution < 1.29 is 13.9 Å². The molecule has 0 radical (unpaired) electrons. The molecule has 0 spiro atoms. The molecule has 1 aromatic heterocycles. The molecule has 0 unspecified atom stereocenters. The number of methoxy groups -OCH3 is 1. The van der Waals surface area contributed by atoms with Crippen LogP contribution in [-0.4, -0.2) is 18.1 Å². The molecule has 0 saturated heterocycles. The molecule has 0 bridgehead atoms. The van der Waals surface area contributed by atoms with Crippen molar-refractivity contribution in [1.82, 2.24) is 4.98 Å². The van der Waals surface area contributed by atoms with E-state index in [-0.39, 0.29) is 16.6 Å². The van der Waals surface area contributed by atoms with Gasteiger partial charge in [-0.15, -0.1) is 0 Å². The lowest BCUT2D eigenvalue weighted by atomic mass is 10.1. The molecule has 2 aromatic rings. The zero-order valence-electron chi connectivity index (χ0n) is 10.2. The second-order valence-corrected chi connectivity index (χ2v) is 3.79. The average Bonchev–Trinajstić information content (AvgIpc) is 2.42. The maximum Gasteiger partial charge on any atom is 0.339 e. The zero-order valence-corrected chi connectivity index (χ0v) is 10.2. The normalized spacial score (nSPS) is 10.1. The third-order valence-corrected chi connectivity index (χ3v) is 2.69. The van der Waals surface area contributed by atoms with Crippen molar-refractivity contribution in [3.63, 3.8) is 0 Å². The summed E-state index contributed by atoms with van der Waals surface area (Å²) in [6, 6.07) is 2.79. The molecule has 0 aliphatic rings. The van der Waals surface area contributed by atoms with Crippen molar-refractivity contribution in [3.8, 4) is 0 Å². The van der Waals surface area contributed by atoms with E-state index in [0.717, 1.165) is 0 Å². The van der Waals surface area contributed by atoms with E-state index in [1.807, 2.05) is 0 Å². The number of fused-ring (bicyclic) bond motifs is 1. The minimum atomic E-state index is -0.738. The van der Waals surface area contributed by atoms with Gasteiger partial charge in [-0.05, 0) is 24.1 Å². The average molecular weight is 260 g/mol. The van der Waals surface area contributed by atoms with E-state index in [1.165, 1.54) is 19.4 Å². The Balaban J connectivity index is 2.96. The highest BCUT2D eigenvalue weighted by molar-refractivity contribution is 6.04. The van der Waals surface area contributed by atoms with Crippen molar-refractivity contribution in [2.24, 2.45) is 5.11 Å². The summed E-state index contributed by atoms with van der Waals surface area (Å²) in [5, 5.41) is 3.42. The van der Waals surface area contributed by atoms with Crippen LogP contribution in [0.1, 0.15) is 15.9 Å². The molecule has 7 heteroatoms. The van der Waals surface area contributed by atoms with Gasteiger partial charge in [-0.3, -0.25) is 4.98 Å². The highest BCUT2D eigenvalue weighted by Gasteiger charge is 2.18. The van der Waals surface area contributed by atoms with Gasteiger partial charge in [0.15, 0.2) is 0 Å². The van der Waals surface area contributed by atoms with Gasteiger partial charge in [0.2, 0.25) is 0 Å². The molecule has 1 aromatic carbocycles. The first-order valence-corrected chi connectivity index (χ1v) is 5.31. The van der Waals surface area contributed by atoms with E-state index in [2.05, 4.69) is 19.7 Å². The van der Waals surface area contributed by atoms with Crippen LogP contribution in [0, 0.1) is 12.7 Å². The van der Waals surface area contributed by atoms with Crippen LogP contribution in [0.4, 0.5) is 10.1 Å². The quantitative estimate of drug-likeness (QED) is 0.358. The molecule has 1 heterocycles. The monoisotopic (exact) mass is 260 g/mol. The molecule has 19 heavy (non-hydrogen) atoms. The summed E-state index contributed by atoms with van der Waals surface area (Å²) in [4.78, 5) is 18.2. The number of nitrogens with zero attached hydrogens (tertiary/aromatic N) is 4. The van der Waals surface area contributed by atoms with Gasteiger partial charge in [0, 0.05) is 16.5 Å². The number of ether oxygens (including phenoxy) is 1. The summed E-state index contributed by atoms with van der Waals surface area (Å²) < 4.78 is 18.5. The van der Waals surface area contributed by atoms with Crippen molar-refractivity contribution in [3.05, 3.63) is 45.7 Å². The Kier molecular flexibility index (Phi) is 3.31. The van der Waals surface area contributed by atoms with E-state index in [4.69, 9.17) is 5.53 Å². The van der Waals surface area contributed by atoms with Gasteiger partial charge < -0.3 is 4.74 Å². The number of azide groups is 1. The van der Waals surface area contributed by atoms with Gasteiger partial charge in [-0.2, -0.15) is 0 Å². The fourth-order valence-corrected chi connectivity index (χ4v) is 1.80. The van der Waals surface area contributed by atoms with Crippen molar-refractivity contribution >= 4 is 22.6 Å². The molecule has 0 fully saturated rings. The molecule has 0 saturated carbocycles. The smallest absolute Gasteiger partial charge is 0.339 e. The highest BCUT2D eigenvalue weighted by Crippen LogP contribution is 2.33. The first-order valence-electron chi connectivity index (χ1n) is 5.31. The van der Waals surface area contributed by atoms with E-state index in [0.29, 0.717) is 11.1 Å².